The van der Waals surface area contributed by atoms with E-state index >= 15 is 0 Å². The normalized spacial score (nSPS) is 10.1. The van der Waals surface area contributed by atoms with Gasteiger partial charge < -0.3 is 11.1 Å². The first-order valence-corrected chi connectivity index (χ1v) is 5.81. The van der Waals surface area contributed by atoms with Crippen LogP contribution in [0.1, 0.15) is 15.9 Å². The summed E-state index contributed by atoms with van der Waals surface area (Å²) in [6.07, 6.45) is 0. The van der Waals surface area contributed by atoms with Crippen molar-refractivity contribution in [2.24, 2.45) is 0 Å². The highest BCUT2D eigenvalue weighted by Gasteiger charge is 2.07. The number of carbonyl (C=O) groups is 1. The fraction of sp³-hybridized carbons (Fsp3) is 0.0833. The van der Waals surface area contributed by atoms with Crippen LogP contribution in [0.4, 0.5) is 11.4 Å². The third kappa shape index (κ3) is 2.23. The molecule has 3 nitrogen and oxygen atoms in total. The van der Waals surface area contributed by atoms with Crippen LogP contribution in [0, 0.1) is 6.92 Å². The Bertz CT molecular complexity index is 506. The third-order valence-electron chi connectivity index (χ3n) is 2.24. The van der Waals surface area contributed by atoms with Crippen LogP contribution in [-0.4, -0.2) is 5.91 Å². The molecular weight excluding hydrogens is 220 g/mol. The first kappa shape index (κ1) is 10.7. The summed E-state index contributed by atoms with van der Waals surface area (Å²) in [7, 11) is 0. The molecule has 1 amide bonds. The number of anilines is 2. The Morgan fingerprint density at radius 3 is 2.81 bits per heavy atom. The molecule has 0 saturated heterocycles. The molecule has 0 spiro atoms. The van der Waals surface area contributed by atoms with Gasteiger partial charge in [-0.05, 0) is 36.1 Å². The minimum atomic E-state index is -0.128. The average Bonchev–Trinajstić information content (AvgIpc) is 2.75. The number of rotatable bonds is 2. The zero-order valence-electron chi connectivity index (χ0n) is 8.86. The molecule has 0 saturated carbocycles. The second kappa shape index (κ2) is 4.37. The van der Waals surface area contributed by atoms with Gasteiger partial charge >= 0.3 is 0 Å². The van der Waals surface area contributed by atoms with Gasteiger partial charge in [0, 0.05) is 5.38 Å². The van der Waals surface area contributed by atoms with Crippen LogP contribution in [0.15, 0.2) is 35.0 Å². The first-order valence-electron chi connectivity index (χ1n) is 4.86. The quantitative estimate of drug-likeness (QED) is 0.782. The van der Waals surface area contributed by atoms with Crippen molar-refractivity contribution in [1.29, 1.82) is 0 Å². The van der Waals surface area contributed by atoms with Gasteiger partial charge in [0.2, 0.25) is 0 Å². The second-order valence-electron chi connectivity index (χ2n) is 3.56. The molecule has 0 unspecified atom stereocenters. The summed E-state index contributed by atoms with van der Waals surface area (Å²) >= 11 is 1.49. The Labute approximate surface area is 97.9 Å². The predicted molar refractivity (Wildman–Crippen MR) is 67.9 cm³/mol. The molecule has 1 aromatic heterocycles. The van der Waals surface area contributed by atoms with Crippen LogP contribution in [0.5, 0.6) is 0 Å². The average molecular weight is 232 g/mol. The Hall–Kier alpha value is -1.81. The highest BCUT2D eigenvalue weighted by atomic mass is 32.1. The van der Waals surface area contributed by atoms with E-state index in [1.165, 1.54) is 11.3 Å². The number of amides is 1. The van der Waals surface area contributed by atoms with E-state index in [1.807, 2.05) is 30.5 Å². The van der Waals surface area contributed by atoms with Gasteiger partial charge in [0.15, 0.2) is 0 Å². The number of aryl methyl sites for hydroxylation is 1. The SMILES string of the molecule is Cc1ccc(NC(=O)c2ccsc2)c(N)c1. The Kier molecular flexibility index (Phi) is 2.92. The molecule has 0 aliphatic carbocycles. The monoisotopic (exact) mass is 232 g/mol. The van der Waals surface area contributed by atoms with Crippen LogP contribution in [-0.2, 0) is 0 Å². The number of nitrogen functional groups attached to an aromatic ring is 1. The van der Waals surface area contributed by atoms with Crippen LogP contribution in [0.25, 0.3) is 0 Å². The molecule has 82 valence electrons. The minimum absolute atomic E-state index is 0.128. The lowest BCUT2D eigenvalue weighted by atomic mass is 10.2. The standard InChI is InChI=1S/C12H12N2OS/c1-8-2-3-11(10(13)6-8)14-12(15)9-4-5-16-7-9/h2-7H,13H2,1H3,(H,14,15). The number of carbonyl (C=O) groups excluding carboxylic acids is 1. The lowest BCUT2D eigenvalue weighted by Gasteiger charge is -2.07. The van der Waals surface area contributed by atoms with Crippen molar-refractivity contribution in [3.63, 3.8) is 0 Å². The summed E-state index contributed by atoms with van der Waals surface area (Å²) in [5.74, 6) is -0.128. The van der Waals surface area contributed by atoms with Gasteiger partial charge in [0.25, 0.3) is 5.91 Å². The molecule has 0 fully saturated rings. The van der Waals surface area contributed by atoms with Gasteiger partial charge in [-0.1, -0.05) is 6.07 Å². The predicted octanol–water partition coefficient (Wildman–Crippen LogP) is 2.89. The Balaban J connectivity index is 2.18. The fourth-order valence-electron chi connectivity index (χ4n) is 1.38. The molecule has 4 heteroatoms. The fourth-order valence-corrected chi connectivity index (χ4v) is 2.02. The van der Waals surface area contributed by atoms with Crippen molar-refractivity contribution >= 4 is 28.6 Å². The molecule has 0 bridgehead atoms. The van der Waals surface area contributed by atoms with Crippen molar-refractivity contribution in [1.82, 2.24) is 0 Å². The molecule has 1 aromatic carbocycles. The van der Waals surface area contributed by atoms with Gasteiger partial charge in [0.1, 0.15) is 0 Å². The van der Waals surface area contributed by atoms with E-state index in [0.29, 0.717) is 16.9 Å². The van der Waals surface area contributed by atoms with Crippen LogP contribution in [0.2, 0.25) is 0 Å². The van der Waals surface area contributed by atoms with Crippen LogP contribution in [0.3, 0.4) is 0 Å². The van der Waals surface area contributed by atoms with Gasteiger partial charge in [0.05, 0.1) is 16.9 Å². The van der Waals surface area contributed by atoms with Crippen molar-refractivity contribution in [3.8, 4) is 0 Å². The van der Waals surface area contributed by atoms with Crippen LogP contribution >= 0.6 is 11.3 Å². The maximum Gasteiger partial charge on any atom is 0.256 e. The maximum absolute atomic E-state index is 11.8. The molecule has 16 heavy (non-hydrogen) atoms. The summed E-state index contributed by atoms with van der Waals surface area (Å²) < 4.78 is 0. The largest absolute Gasteiger partial charge is 0.397 e. The van der Waals surface area contributed by atoms with E-state index in [0.717, 1.165) is 5.56 Å². The topological polar surface area (TPSA) is 55.1 Å². The first-order chi connectivity index (χ1) is 7.66. The highest BCUT2D eigenvalue weighted by Crippen LogP contribution is 2.20. The summed E-state index contributed by atoms with van der Waals surface area (Å²) in [5.41, 5.74) is 8.78. The van der Waals surface area contributed by atoms with Gasteiger partial charge in [-0.25, -0.2) is 0 Å². The van der Waals surface area contributed by atoms with Crippen molar-refractivity contribution in [2.45, 2.75) is 6.92 Å². The van der Waals surface area contributed by atoms with Gasteiger partial charge in [-0.2, -0.15) is 11.3 Å². The van der Waals surface area contributed by atoms with Crippen molar-refractivity contribution < 1.29 is 4.79 Å². The molecule has 2 rings (SSSR count). The molecule has 0 atom stereocenters. The highest BCUT2D eigenvalue weighted by molar-refractivity contribution is 7.08. The summed E-state index contributed by atoms with van der Waals surface area (Å²) in [6, 6.07) is 7.35. The smallest absolute Gasteiger partial charge is 0.256 e. The van der Waals surface area contributed by atoms with E-state index in [4.69, 9.17) is 5.73 Å². The van der Waals surface area contributed by atoms with Crippen LogP contribution < -0.4 is 11.1 Å². The second-order valence-corrected chi connectivity index (χ2v) is 4.34. The Morgan fingerprint density at radius 2 is 2.19 bits per heavy atom. The molecule has 0 aliphatic rings. The zero-order valence-corrected chi connectivity index (χ0v) is 9.67. The number of nitrogens with one attached hydrogen (secondary N) is 1. The third-order valence-corrected chi connectivity index (χ3v) is 2.92. The molecule has 3 N–H and O–H groups in total. The van der Waals surface area contributed by atoms with Gasteiger partial charge in [-0.3, -0.25) is 4.79 Å². The molecule has 0 radical (unpaired) electrons. The van der Waals surface area contributed by atoms with E-state index in [2.05, 4.69) is 5.32 Å². The maximum atomic E-state index is 11.8. The molecule has 0 aliphatic heterocycles. The molecule has 1 heterocycles. The van der Waals surface area contributed by atoms with Crippen molar-refractivity contribution in [3.05, 3.63) is 46.2 Å². The zero-order chi connectivity index (χ0) is 11.5. The lowest BCUT2D eigenvalue weighted by Crippen LogP contribution is -2.12. The van der Waals surface area contributed by atoms with E-state index in [-0.39, 0.29) is 5.91 Å². The van der Waals surface area contributed by atoms with E-state index in [1.54, 1.807) is 11.4 Å². The Morgan fingerprint density at radius 1 is 1.38 bits per heavy atom. The van der Waals surface area contributed by atoms with Crippen molar-refractivity contribution in [2.75, 3.05) is 11.1 Å². The number of nitrogens with two attached hydrogens (primary N) is 1. The molecular formula is C12H12N2OS. The van der Waals surface area contributed by atoms with E-state index in [9.17, 15) is 4.79 Å². The van der Waals surface area contributed by atoms with Gasteiger partial charge in [-0.15, -0.1) is 0 Å². The van der Waals surface area contributed by atoms with E-state index < -0.39 is 0 Å². The minimum Gasteiger partial charge on any atom is -0.397 e. The summed E-state index contributed by atoms with van der Waals surface area (Å²) in [4.78, 5) is 11.8. The number of benzene rings is 1. The number of hydrogen-bond donors (Lipinski definition) is 2. The lowest BCUT2D eigenvalue weighted by molar-refractivity contribution is 0.102. The summed E-state index contributed by atoms with van der Waals surface area (Å²) in [5, 5.41) is 6.46. The molecule has 2 aromatic rings. The summed E-state index contributed by atoms with van der Waals surface area (Å²) in [6.45, 7) is 1.96. The number of thiophene rings is 1. The number of hydrogen-bond acceptors (Lipinski definition) is 3.